The molecule has 3 atom stereocenters. The van der Waals surface area contributed by atoms with Gasteiger partial charge in [-0.05, 0) is 83.9 Å². The van der Waals surface area contributed by atoms with Crippen LogP contribution in [-0.2, 0) is 20.9 Å². The van der Waals surface area contributed by atoms with Crippen LogP contribution in [0.2, 0.25) is 0 Å². The highest BCUT2D eigenvalue weighted by Gasteiger charge is 2.32. The van der Waals surface area contributed by atoms with E-state index >= 15 is 0 Å². The minimum atomic E-state index is -0.622. The fourth-order valence-corrected chi connectivity index (χ4v) is 6.22. The van der Waals surface area contributed by atoms with Crippen LogP contribution in [-0.4, -0.2) is 28.9 Å². The maximum Gasteiger partial charge on any atom is 0.323 e. The Labute approximate surface area is 289 Å². The van der Waals surface area contributed by atoms with Crippen LogP contribution in [0.3, 0.4) is 0 Å². The Bertz CT molecular complexity index is 1820. The van der Waals surface area contributed by atoms with E-state index in [2.05, 4.69) is 16.0 Å². The Morgan fingerprint density at radius 2 is 1.29 bits per heavy atom. The molecule has 1 aliphatic heterocycles. The quantitative estimate of drug-likeness (QED) is 0.103. The van der Waals surface area contributed by atoms with Crippen LogP contribution >= 0.6 is 11.8 Å². The lowest BCUT2D eigenvalue weighted by molar-refractivity contribution is -0.245. The van der Waals surface area contributed by atoms with E-state index in [1.54, 1.807) is 36.0 Å². The number of rotatable bonds is 11. The van der Waals surface area contributed by atoms with Gasteiger partial charge < -0.3 is 35.3 Å². The number of benzene rings is 5. The average Bonchev–Trinajstić information content (AvgIpc) is 3.12. The highest BCUT2D eigenvalue weighted by molar-refractivity contribution is 7.99. The number of nitrogens with one attached hydrogen (secondary N) is 3. The molecule has 0 bridgehead atoms. The molecule has 0 saturated carbocycles. The summed E-state index contributed by atoms with van der Waals surface area (Å²) >= 11 is 1.68. The molecule has 1 fully saturated rings. The van der Waals surface area contributed by atoms with Crippen molar-refractivity contribution in [2.75, 3.05) is 21.7 Å². The van der Waals surface area contributed by atoms with Gasteiger partial charge in [-0.15, -0.1) is 11.8 Å². The normalized spacial score (nSPS) is 17.1. The fourth-order valence-electron chi connectivity index (χ4n) is 5.30. The van der Waals surface area contributed by atoms with Gasteiger partial charge in [0.2, 0.25) is 5.91 Å². The Morgan fingerprint density at radius 3 is 1.92 bits per heavy atom. The molecule has 0 radical (unpaired) electrons. The molecule has 4 N–H and O–H groups in total. The number of para-hydroxylation sites is 1. The van der Waals surface area contributed by atoms with Crippen molar-refractivity contribution in [3.63, 3.8) is 0 Å². The summed E-state index contributed by atoms with van der Waals surface area (Å²) in [6.07, 6.45) is -0.296. The van der Waals surface area contributed by atoms with Gasteiger partial charge in [0.1, 0.15) is 11.5 Å². The topological polar surface area (TPSA) is 118 Å². The van der Waals surface area contributed by atoms with Crippen molar-refractivity contribution in [1.29, 1.82) is 0 Å². The number of aliphatic hydroxyl groups excluding tert-OH is 1. The maximum absolute atomic E-state index is 12.7. The first-order valence-corrected chi connectivity index (χ1v) is 16.9. The minimum absolute atomic E-state index is 0.0219. The standard InChI is InChI=1S/C39H37N3O6S/c1-26(44)40-30-17-21-36(22-18-30)49-25-35-23-37(28-9-7-27(24-43)8-10-28)48-38(47-35)29-11-13-31(14-12-29)41-39(45)42-32-15-19-34(20-16-32)46-33-5-3-2-4-6-33/h2-22,35,37-38,43H,23-25H2,1H3,(H,40,44)(H2,41,42,45). The predicted molar refractivity (Wildman–Crippen MR) is 192 cm³/mol. The Hall–Kier alpha value is -5.13. The largest absolute Gasteiger partial charge is 0.457 e. The molecule has 6 rings (SSSR count). The molecule has 0 spiro atoms. The number of carbonyl (C=O) groups excluding carboxylic acids is 2. The number of carbonyl (C=O) groups is 2. The second-order valence-electron chi connectivity index (χ2n) is 11.5. The van der Waals surface area contributed by atoms with Gasteiger partial charge in [0, 0.05) is 46.6 Å². The van der Waals surface area contributed by atoms with E-state index in [1.807, 2.05) is 103 Å². The predicted octanol–water partition coefficient (Wildman–Crippen LogP) is 8.91. The number of thioether (sulfide) groups is 1. The first-order chi connectivity index (χ1) is 23.9. The van der Waals surface area contributed by atoms with Gasteiger partial charge in [-0.3, -0.25) is 4.79 Å². The van der Waals surface area contributed by atoms with Crippen molar-refractivity contribution in [2.45, 2.75) is 43.3 Å². The first kappa shape index (κ1) is 33.8. The van der Waals surface area contributed by atoms with Crippen molar-refractivity contribution in [3.05, 3.63) is 144 Å². The molecule has 3 amide bonds. The van der Waals surface area contributed by atoms with E-state index in [0.717, 1.165) is 33.0 Å². The molecule has 250 valence electrons. The van der Waals surface area contributed by atoms with E-state index in [1.165, 1.54) is 6.92 Å². The number of aliphatic hydroxyl groups is 1. The first-order valence-electron chi connectivity index (χ1n) is 15.9. The zero-order valence-electron chi connectivity index (χ0n) is 26.9. The van der Waals surface area contributed by atoms with Gasteiger partial charge >= 0.3 is 6.03 Å². The maximum atomic E-state index is 12.7. The number of anilines is 3. The summed E-state index contributed by atoms with van der Waals surface area (Å²) in [5.41, 5.74) is 4.67. The van der Waals surface area contributed by atoms with E-state index in [-0.39, 0.29) is 30.8 Å². The summed E-state index contributed by atoms with van der Waals surface area (Å²) < 4.78 is 18.8. The minimum Gasteiger partial charge on any atom is -0.457 e. The zero-order valence-corrected chi connectivity index (χ0v) is 27.7. The molecule has 0 aliphatic carbocycles. The van der Waals surface area contributed by atoms with Gasteiger partial charge in [0.25, 0.3) is 0 Å². The van der Waals surface area contributed by atoms with Crippen LogP contribution in [0.5, 0.6) is 11.5 Å². The molecule has 0 aromatic heterocycles. The summed E-state index contributed by atoms with van der Waals surface area (Å²) in [7, 11) is 0. The van der Waals surface area contributed by atoms with Gasteiger partial charge in [-0.1, -0.05) is 54.6 Å². The fraction of sp³-hybridized carbons (Fsp3) is 0.179. The van der Waals surface area contributed by atoms with Crippen molar-refractivity contribution in [1.82, 2.24) is 0 Å². The second-order valence-corrected chi connectivity index (χ2v) is 12.6. The van der Waals surface area contributed by atoms with Crippen LogP contribution in [0, 0.1) is 0 Å². The Morgan fingerprint density at radius 1 is 0.714 bits per heavy atom. The highest BCUT2D eigenvalue weighted by Crippen LogP contribution is 2.40. The molecule has 9 nitrogen and oxygen atoms in total. The second kappa shape index (κ2) is 16.3. The van der Waals surface area contributed by atoms with Crippen LogP contribution in [0.1, 0.15) is 42.4 Å². The van der Waals surface area contributed by atoms with Crippen molar-refractivity contribution in [2.24, 2.45) is 0 Å². The van der Waals surface area contributed by atoms with Gasteiger partial charge in [0.05, 0.1) is 18.8 Å². The number of amides is 3. The SMILES string of the molecule is CC(=O)Nc1ccc(SCC2CC(c3ccc(CO)cc3)OC(c3ccc(NC(=O)Nc4ccc(Oc5ccccc5)cc4)cc3)O2)cc1. The van der Waals surface area contributed by atoms with Crippen LogP contribution in [0.4, 0.5) is 21.9 Å². The van der Waals surface area contributed by atoms with Crippen molar-refractivity contribution < 1.29 is 28.9 Å². The van der Waals surface area contributed by atoms with E-state index < -0.39 is 6.29 Å². The molecule has 1 saturated heterocycles. The third-order valence-corrected chi connectivity index (χ3v) is 8.90. The molecular weight excluding hydrogens is 639 g/mol. The molecule has 49 heavy (non-hydrogen) atoms. The number of ether oxygens (including phenoxy) is 3. The van der Waals surface area contributed by atoms with E-state index in [9.17, 15) is 14.7 Å². The number of hydrogen-bond donors (Lipinski definition) is 4. The van der Waals surface area contributed by atoms with Gasteiger partial charge in [0.15, 0.2) is 6.29 Å². The van der Waals surface area contributed by atoms with Crippen molar-refractivity contribution in [3.8, 4) is 11.5 Å². The molecule has 5 aromatic rings. The number of urea groups is 1. The average molecular weight is 676 g/mol. The smallest absolute Gasteiger partial charge is 0.323 e. The summed E-state index contributed by atoms with van der Waals surface area (Å²) in [5.74, 6) is 2.00. The third kappa shape index (κ3) is 9.71. The summed E-state index contributed by atoms with van der Waals surface area (Å²) in [4.78, 5) is 25.2. The van der Waals surface area contributed by atoms with Gasteiger partial charge in [-0.25, -0.2) is 4.79 Å². The lowest BCUT2D eigenvalue weighted by Gasteiger charge is -2.36. The van der Waals surface area contributed by atoms with Crippen LogP contribution < -0.4 is 20.7 Å². The summed E-state index contributed by atoms with van der Waals surface area (Å²) in [5, 5.41) is 18.0. The molecule has 1 heterocycles. The zero-order chi connectivity index (χ0) is 34.0. The van der Waals surface area contributed by atoms with E-state index in [0.29, 0.717) is 29.3 Å². The van der Waals surface area contributed by atoms with E-state index in [4.69, 9.17) is 14.2 Å². The lowest BCUT2D eigenvalue weighted by Crippen LogP contribution is -2.31. The lowest BCUT2D eigenvalue weighted by atomic mass is 10.0. The van der Waals surface area contributed by atoms with Crippen molar-refractivity contribution >= 4 is 40.8 Å². The molecule has 3 unspecified atom stereocenters. The Balaban J connectivity index is 1.08. The summed E-state index contributed by atoms with van der Waals surface area (Å²) in [6.45, 7) is 1.46. The highest BCUT2D eigenvalue weighted by atomic mass is 32.2. The van der Waals surface area contributed by atoms with Crippen LogP contribution in [0.15, 0.2) is 132 Å². The third-order valence-electron chi connectivity index (χ3n) is 7.76. The van der Waals surface area contributed by atoms with Gasteiger partial charge in [-0.2, -0.15) is 0 Å². The molecule has 1 aliphatic rings. The molecule has 10 heteroatoms. The monoisotopic (exact) mass is 675 g/mol. The molecule has 5 aromatic carbocycles. The molecular formula is C39H37N3O6S. The van der Waals surface area contributed by atoms with Crippen LogP contribution in [0.25, 0.3) is 0 Å². The summed E-state index contributed by atoms with van der Waals surface area (Å²) in [6, 6.07) is 39.2. The Kier molecular flexibility index (Phi) is 11.2. The number of hydrogen-bond acceptors (Lipinski definition) is 7.